The Balaban J connectivity index is 0.00000256. The fourth-order valence-corrected chi connectivity index (χ4v) is 1.26. The predicted molar refractivity (Wildman–Crippen MR) is 63.4 cm³/mol. The molecule has 0 radical (unpaired) electrons. The summed E-state index contributed by atoms with van der Waals surface area (Å²) in [6, 6.07) is 6.70. The van der Waals surface area contributed by atoms with E-state index in [4.69, 9.17) is 14.2 Å². The third kappa shape index (κ3) is 5.39. The van der Waals surface area contributed by atoms with Gasteiger partial charge in [0.05, 0.1) is 25.1 Å². The zero-order valence-corrected chi connectivity index (χ0v) is 11.5. The maximum atomic E-state index is 5.58. The van der Waals surface area contributed by atoms with E-state index in [-0.39, 0.29) is 31.1 Å². The van der Waals surface area contributed by atoms with Crippen molar-refractivity contribution in [1.82, 2.24) is 0 Å². The second kappa shape index (κ2) is 7.53. The monoisotopic (exact) mass is 230 g/mol. The topological polar surface area (TPSA) is 27.7 Å². The van der Waals surface area contributed by atoms with Crippen molar-refractivity contribution < 1.29 is 33.1 Å². The molecule has 0 heterocycles. The summed E-state index contributed by atoms with van der Waals surface area (Å²) in [5, 5.41) is 0. The van der Waals surface area contributed by atoms with E-state index in [9.17, 15) is 0 Å². The summed E-state index contributed by atoms with van der Waals surface area (Å²) in [6.45, 7) is 7.88. The van der Waals surface area contributed by atoms with Gasteiger partial charge in [0.15, 0.2) is 0 Å². The average molecular weight is 230 g/mol. The fourth-order valence-electron chi connectivity index (χ4n) is 1.26. The molecule has 0 bridgehead atoms. The number of ether oxygens (including phenoxy) is 3. The Morgan fingerprint density at radius 1 is 1.00 bits per heavy atom. The van der Waals surface area contributed by atoms with Gasteiger partial charge in [-0.1, -0.05) is 6.07 Å². The van der Waals surface area contributed by atoms with E-state index < -0.39 is 0 Å². The van der Waals surface area contributed by atoms with Crippen LogP contribution >= 0.6 is 0 Å². The Hall–Kier alpha value is -0.783. The molecule has 0 N–H and O–H groups in total. The standard InChI is InChI=1S/C13H19O3.Li/c1-9(2)15-11-6-7-12(16-10(3)4)13(8-11)14-5;/h6-7,9-10H,1-5H3;/q-1;+1. The van der Waals surface area contributed by atoms with Crippen molar-refractivity contribution in [1.29, 1.82) is 0 Å². The predicted octanol–water partition coefficient (Wildman–Crippen LogP) is 0.0738. The van der Waals surface area contributed by atoms with Crippen LogP contribution in [0.3, 0.4) is 0 Å². The minimum absolute atomic E-state index is 0. The van der Waals surface area contributed by atoms with Gasteiger partial charge in [0.25, 0.3) is 0 Å². The van der Waals surface area contributed by atoms with Gasteiger partial charge in [0, 0.05) is 11.5 Å². The van der Waals surface area contributed by atoms with E-state index in [0.29, 0.717) is 17.2 Å². The number of hydrogen-bond donors (Lipinski definition) is 0. The third-order valence-corrected chi connectivity index (χ3v) is 1.78. The van der Waals surface area contributed by atoms with Gasteiger partial charge in [-0.15, -0.1) is 12.1 Å². The Bertz CT molecular complexity index is 337. The van der Waals surface area contributed by atoms with Crippen LogP contribution in [-0.4, -0.2) is 19.3 Å². The van der Waals surface area contributed by atoms with Crippen molar-refractivity contribution in [3.63, 3.8) is 0 Å². The molecular weight excluding hydrogens is 211 g/mol. The Labute approximate surface area is 116 Å². The summed E-state index contributed by atoms with van der Waals surface area (Å²) in [4.78, 5) is 0. The molecule has 1 aromatic rings. The summed E-state index contributed by atoms with van der Waals surface area (Å²) in [5.74, 6) is 1.93. The normalized spacial score (nSPS) is 10.1. The van der Waals surface area contributed by atoms with E-state index in [1.54, 1.807) is 7.11 Å². The summed E-state index contributed by atoms with van der Waals surface area (Å²) < 4.78 is 16.3. The SMILES string of the molecule is COc1[c-]c(OC(C)C)ccc1OC(C)C.[Li+]. The van der Waals surface area contributed by atoms with Gasteiger partial charge in [-0.3, -0.25) is 0 Å². The van der Waals surface area contributed by atoms with Crippen LogP contribution in [0.15, 0.2) is 12.1 Å². The smallest absolute Gasteiger partial charge is 0.545 e. The van der Waals surface area contributed by atoms with Crippen LogP contribution in [0.5, 0.6) is 17.2 Å². The first-order valence-electron chi connectivity index (χ1n) is 5.46. The van der Waals surface area contributed by atoms with Crippen molar-refractivity contribution in [2.75, 3.05) is 7.11 Å². The van der Waals surface area contributed by atoms with E-state index in [0.717, 1.165) is 0 Å². The number of benzene rings is 1. The summed E-state index contributed by atoms with van der Waals surface area (Å²) >= 11 is 0. The molecule has 0 spiro atoms. The zero-order valence-electron chi connectivity index (χ0n) is 11.5. The zero-order chi connectivity index (χ0) is 12.1. The quantitative estimate of drug-likeness (QED) is 0.529. The molecule has 0 amide bonds. The molecular formula is C13H19LiO3. The first-order valence-corrected chi connectivity index (χ1v) is 5.46. The first-order chi connectivity index (χ1) is 7.52. The van der Waals surface area contributed by atoms with E-state index in [2.05, 4.69) is 6.07 Å². The molecule has 1 rings (SSSR count). The molecule has 17 heavy (non-hydrogen) atoms. The number of hydrogen-bond acceptors (Lipinski definition) is 3. The van der Waals surface area contributed by atoms with E-state index >= 15 is 0 Å². The maximum absolute atomic E-state index is 5.58. The molecule has 90 valence electrons. The van der Waals surface area contributed by atoms with Crippen LogP contribution < -0.4 is 33.1 Å². The largest absolute Gasteiger partial charge is 1.00 e. The Morgan fingerprint density at radius 3 is 2.06 bits per heavy atom. The van der Waals surface area contributed by atoms with Crippen LogP contribution in [0.25, 0.3) is 0 Å². The molecule has 0 aliphatic heterocycles. The molecule has 0 aromatic heterocycles. The van der Waals surface area contributed by atoms with Crippen molar-refractivity contribution in [3.8, 4) is 17.2 Å². The molecule has 0 saturated heterocycles. The molecule has 0 aliphatic carbocycles. The molecule has 3 nitrogen and oxygen atoms in total. The molecule has 0 atom stereocenters. The van der Waals surface area contributed by atoms with Gasteiger partial charge in [0.1, 0.15) is 0 Å². The van der Waals surface area contributed by atoms with Crippen molar-refractivity contribution in [2.45, 2.75) is 39.9 Å². The van der Waals surface area contributed by atoms with Gasteiger partial charge in [-0.05, 0) is 27.7 Å². The third-order valence-electron chi connectivity index (χ3n) is 1.78. The molecule has 0 unspecified atom stereocenters. The van der Waals surface area contributed by atoms with Crippen LogP contribution in [0, 0.1) is 6.07 Å². The van der Waals surface area contributed by atoms with Gasteiger partial charge < -0.3 is 14.2 Å². The van der Waals surface area contributed by atoms with Crippen LogP contribution in [-0.2, 0) is 0 Å². The molecule has 0 fully saturated rings. The van der Waals surface area contributed by atoms with Gasteiger partial charge >= 0.3 is 18.9 Å². The average Bonchev–Trinajstić information content (AvgIpc) is 2.18. The Kier molecular flexibility index (Phi) is 7.18. The minimum Gasteiger partial charge on any atom is -0.545 e. The summed E-state index contributed by atoms with van der Waals surface area (Å²) in [6.07, 6.45) is 0.233. The van der Waals surface area contributed by atoms with Gasteiger partial charge in [-0.25, -0.2) is 0 Å². The van der Waals surface area contributed by atoms with Gasteiger partial charge in [0.2, 0.25) is 0 Å². The fraction of sp³-hybridized carbons (Fsp3) is 0.538. The van der Waals surface area contributed by atoms with E-state index in [1.807, 2.05) is 39.8 Å². The summed E-state index contributed by atoms with van der Waals surface area (Å²) in [5.41, 5.74) is 0. The summed E-state index contributed by atoms with van der Waals surface area (Å²) in [7, 11) is 1.60. The van der Waals surface area contributed by atoms with E-state index in [1.165, 1.54) is 0 Å². The van der Waals surface area contributed by atoms with Crippen LogP contribution in [0.4, 0.5) is 0 Å². The molecule has 0 aliphatic rings. The maximum Gasteiger partial charge on any atom is 1.00 e. The number of methoxy groups -OCH3 is 1. The van der Waals surface area contributed by atoms with Crippen molar-refractivity contribution in [2.24, 2.45) is 0 Å². The first kappa shape index (κ1) is 16.2. The van der Waals surface area contributed by atoms with Crippen molar-refractivity contribution >= 4 is 0 Å². The molecule has 0 saturated carbocycles. The van der Waals surface area contributed by atoms with Crippen LogP contribution in [0.1, 0.15) is 27.7 Å². The number of rotatable bonds is 5. The molecule has 4 heteroatoms. The Morgan fingerprint density at radius 2 is 1.59 bits per heavy atom. The second-order valence-corrected chi connectivity index (χ2v) is 4.05. The van der Waals surface area contributed by atoms with Crippen LogP contribution in [0.2, 0.25) is 0 Å². The molecule has 1 aromatic carbocycles. The minimum atomic E-state index is 0. The van der Waals surface area contributed by atoms with Crippen molar-refractivity contribution in [3.05, 3.63) is 18.2 Å². The second-order valence-electron chi connectivity index (χ2n) is 4.05. The van der Waals surface area contributed by atoms with Gasteiger partial charge in [-0.2, -0.15) is 0 Å².